The van der Waals surface area contributed by atoms with Crippen molar-refractivity contribution >= 4 is 15.6 Å². The van der Waals surface area contributed by atoms with E-state index in [4.69, 9.17) is 5.14 Å². The molecule has 0 aliphatic carbocycles. The molecule has 0 aliphatic rings. The van der Waals surface area contributed by atoms with Crippen LogP contribution in [0.2, 0.25) is 0 Å². The van der Waals surface area contributed by atoms with Crippen LogP contribution in [-0.2, 0) is 10.0 Å². The van der Waals surface area contributed by atoms with E-state index in [0.29, 0.717) is 5.56 Å². The molecule has 0 spiro atoms. The minimum Gasteiger partial charge on any atom is -0.225 e. The predicted molar refractivity (Wildman–Crippen MR) is 78.0 cm³/mol. The third-order valence-corrected chi connectivity index (χ3v) is 3.85. The second-order valence-corrected chi connectivity index (χ2v) is 5.93. The van der Waals surface area contributed by atoms with Gasteiger partial charge in [-0.2, -0.15) is 0 Å². The summed E-state index contributed by atoms with van der Waals surface area (Å²) in [4.78, 5) is 0.137. The van der Waals surface area contributed by atoms with Crippen LogP contribution in [0.4, 0.5) is 0 Å². The molecule has 0 aromatic heterocycles. The molecule has 0 unspecified atom stereocenters. The fraction of sp³-hybridized carbons (Fsp3) is 0.0667. The van der Waals surface area contributed by atoms with Crippen molar-refractivity contribution in [3.05, 3.63) is 60.7 Å². The molecule has 2 rings (SSSR count). The van der Waals surface area contributed by atoms with E-state index in [1.54, 1.807) is 18.2 Å². The van der Waals surface area contributed by atoms with Crippen LogP contribution in [0.15, 0.2) is 60.0 Å². The first-order valence-electron chi connectivity index (χ1n) is 5.78. The number of primary sulfonamides is 1. The summed E-state index contributed by atoms with van der Waals surface area (Å²) in [6, 6.07) is 14.3. The number of hydrogen-bond donors (Lipinski definition) is 1. The van der Waals surface area contributed by atoms with E-state index in [9.17, 15) is 8.42 Å². The quantitative estimate of drug-likeness (QED) is 0.934. The molecule has 4 heteroatoms. The molecule has 0 fully saturated rings. The first kappa shape index (κ1) is 13.5. The van der Waals surface area contributed by atoms with Gasteiger partial charge < -0.3 is 0 Å². The number of benzene rings is 2. The molecule has 0 heterocycles. The van der Waals surface area contributed by atoms with Crippen molar-refractivity contribution in [3.8, 4) is 11.1 Å². The van der Waals surface area contributed by atoms with Gasteiger partial charge >= 0.3 is 0 Å². The molecular formula is C15H15NO2S. The van der Waals surface area contributed by atoms with E-state index < -0.39 is 10.0 Å². The molecule has 3 nitrogen and oxygen atoms in total. The van der Waals surface area contributed by atoms with Gasteiger partial charge in [0.25, 0.3) is 0 Å². The van der Waals surface area contributed by atoms with Crippen molar-refractivity contribution in [3.63, 3.8) is 0 Å². The SMILES string of the molecule is C=C(C)c1ccc(-c2ccccc2S(N)(=O)=O)cc1. The molecule has 0 saturated carbocycles. The standard InChI is InChI=1S/C15H15NO2S/c1-11(2)12-7-9-13(10-8-12)14-5-3-4-6-15(14)19(16,17)18/h3-10H,1H2,2H3,(H2,16,17,18). The number of allylic oxidation sites excluding steroid dienone is 1. The van der Waals surface area contributed by atoms with Crippen molar-refractivity contribution in [2.75, 3.05) is 0 Å². The first-order chi connectivity index (χ1) is 8.89. The summed E-state index contributed by atoms with van der Waals surface area (Å²) in [6.07, 6.45) is 0. The second-order valence-electron chi connectivity index (χ2n) is 4.40. The zero-order valence-electron chi connectivity index (χ0n) is 10.6. The van der Waals surface area contributed by atoms with Crippen LogP contribution in [0, 0.1) is 0 Å². The maximum absolute atomic E-state index is 11.6. The van der Waals surface area contributed by atoms with Crippen LogP contribution in [0.25, 0.3) is 16.7 Å². The molecule has 98 valence electrons. The van der Waals surface area contributed by atoms with Gasteiger partial charge in [0.2, 0.25) is 10.0 Å². The highest BCUT2D eigenvalue weighted by Gasteiger charge is 2.14. The van der Waals surface area contributed by atoms with Gasteiger partial charge in [0, 0.05) is 5.56 Å². The van der Waals surface area contributed by atoms with Crippen molar-refractivity contribution in [2.24, 2.45) is 5.14 Å². The number of nitrogens with two attached hydrogens (primary N) is 1. The highest BCUT2D eigenvalue weighted by Crippen LogP contribution is 2.27. The Morgan fingerprint density at radius 3 is 2.16 bits per heavy atom. The fourth-order valence-corrected chi connectivity index (χ4v) is 2.65. The van der Waals surface area contributed by atoms with Gasteiger partial charge in [0.05, 0.1) is 4.90 Å². The zero-order valence-corrected chi connectivity index (χ0v) is 11.4. The highest BCUT2D eigenvalue weighted by molar-refractivity contribution is 7.89. The molecule has 0 saturated heterocycles. The van der Waals surface area contributed by atoms with Gasteiger partial charge in [-0.05, 0) is 24.1 Å². The summed E-state index contributed by atoms with van der Waals surface area (Å²) >= 11 is 0. The lowest BCUT2D eigenvalue weighted by atomic mass is 10.0. The van der Waals surface area contributed by atoms with Crippen molar-refractivity contribution < 1.29 is 8.42 Å². The van der Waals surface area contributed by atoms with E-state index >= 15 is 0 Å². The summed E-state index contributed by atoms with van der Waals surface area (Å²) in [7, 11) is -3.73. The Bertz CT molecular complexity index is 716. The Hall–Kier alpha value is -1.91. The summed E-state index contributed by atoms with van der Waals surface area (Å²) in [5.41, 5.74) is 3.41. The Labute approximate surface area is 113 Å². The minimum absolute atomic E-state index is 0.137. The lowest BCUT2D eigenvalue weighted by Gasteiger charge is -2.08. The van der Waals surface area contributed by atoms with Gasteiger partial charge in [0.1, 0.15) is 0 Å². The lowest BCUT2D eigenvalue weighted by Crippen LogP contribution is -2.13. The smallest absolute Gasteiger partial charge is 0.225 e. The van der Waals surface area contributed by atoms with E-state index in [1.807, 2.05) is 31.2 Å². The van der Waals surface area contributed by atoms with Gasteiger partial charge in [-0.1, -0.05) is 54.6 Å². The second kappa shape index (κ2) is 4.99. The lowest BCUT2D eigenvalue weighted by molar-refractivity contribution is 0.598. The van der Waals surface area contributed by atoms with E-state index in [1.165, 1.54) is 6.07 Å². The Balaban J connectivity index is 2.57. The molecule has 2 N–H and O–H groups in total. The summed E-state index contributed by atoms with van der Waals surface area (Å²) < 4.78 is 23.1. The molecule has 0 amide bonds. The van der Waals surface area contributed by atoms with Gasteiger partial charge in [-0.3, -0.25) is 0 Å². The topological polar surface area (TPSA) is 60.2 Å². The average molecular weight is 273 g/mol. The third kappa shape index (κ3) is 2.92. The van der Waals surface area contributed by atoms with Crippen LogP contribution < -0.4 is 5.14 Å². The zero-order chi connectivity index (χ0) is 14.0. The van der Waals surface area contributed by atoms with Crippen LogP contribution in [0.5, 0.6) is 0 Å². The first-order valence-corrected chi connectivity index (χ1v) is 7.32. The highest BCUT2D eigenvalue weighted by atomic mass is 32.2. The number of rotatable bonds is 3. The maximum atomic E-state index is 11.6. The molecule has 0 bridgehead atoms. The van der Waals surface area contributed by atoms with Gasteiger partial charge in [0.15, 0.2) is 0 Å². The summed E-state index contributed by atoms with van der Waals surface area (Å²) in [5, 5.41) is 5.23. The van der Waals surface area contributed by atoms with Crippen molar-refractivity contribution in [2.45, 2.75) is 11.8 Å². The fourth-order valence-electron chi connectivity index (χ4n) is 1.89. The molecular weight excluding hydrogens is 258 g/mol. The Kier molecular flexibility index (Phi) is 3.55. The van der Waals surface area contributed by atoms with Crippen LogP contribution in [0.3, 0.4) is 0 Å². The van der Waals surface area contributed by atoms with Crippen LogP contribution in [0.1, 0.15) is 12.5 Å². The number of hydrogen-bond acceptors (Lipinski definition) is 2. The van der Waals surface area contributed by atoms with Gasteiger partial charge in [-0.25, -0.2) is 13.6 Å². The maximum Gasteiger partial charge on any atom is 0.238 e. The molecule has 0 radical (unpaired) electrons. The molecule has 0 aliphatic heterocycles. The summed E-state index contributed by atoms with van der Waals surface area (Å²) in [6.45, 7) is 5.79. The average Bonchev–Trinajstić information content (AvgIpc) is 2.38. The normalized spacial score (nSPS) is 11.3. The number of sulfonamides is 1. The van der Waals surface area contributed by atoms with Crippen LogP contribution in [-0.4, -0.2) is 8.42 Å². The minimum atomic E-state index is -3.73. The monoisotopic (exact) mass is 273 g/mol. The van der Waals surface area contributed by atoms with E-state index in [0.717, 1.165) is 16.7 Å². The Morgan fingerprint density at radius 1 is 1.05 bits per heavy atom. The molecule has 0 atom stereocenters. The van der Waals surface area contributed by atoms with Gasteiger partial charge in [-0.15, -0.1) is 0 Å². The largest absolute Gasteiger partial charge is 0.238 e. The predicted octanol–water partition coefficient (Wildman–Crippen LogP) is 3.03. The molecule has 2 aromatic carbocycles. The molecule has 19 heavy (non-hydrogen) atoms. The summed E-state index contributed by atoms with van der Waals surface area (Å²) in [5.74, 6) is 0. The third-order valence-electron chi connectivity index (χ3n) is 2.88. The molecule has 2 aromatic rings. The van der Waals surface area contributed by atoms with Crippen molar-refractivity contribution in [1.82, 2.24) is 0 Å². The van der Waals surface area contributed by atoms with E-state index in [-0.39, 0.29) is 4.90 Å². The Morgan fingerprint density at radius 2 is 1.63 bits per heavy atom. The van der Waals surface area contributed by atoms with Crippen molar-refractivity contribution in [1.29, 1.82) is 0 Å². The van der Waals surface area contributed by atoms with E-state index in [2.05, 4.69) is 6.58 Å². The van der Waals surface area contributed by atoms with Crippen LogP contribution >= 0.6 is 0 Å².